The van der Waals surface area contributed by atoms with E-state index in [-0.39, 0.29) is 47.8 Å². The maximum Gasteiger partial charge on any atom is 0.342 e. The molecule has 0 saturated heterocycles. The minimum atomic E-state index is -0.694. The molecule has 1 saturated carbocycles. The number of hydrogen-bond donors (Lipinski definition) is 4. The van der Waals surface area contributed by atoms with E-state index in [4.69, 9.17) is 9.57 Å². The average molecular weight is 457 g/mol. The predicted molar refractivity (Wildman–Crippen MR) is 124 cm³/mol. The Balaban J connectivity index is 1.74. The van der Waals surface area contributed by atoms with Gasteiger partial charge in [-0.25, -0.2) is 4.79 Å². The highest BCUT2D eigenvalue weighted by atomic mass is 16.6. The number of ether oxygens (including phenoxy) is 1. The molecule has 1 amide bonds. The summed E-state index contributed by atoms with van der Waals surface area (Å²) in [7, 11) is 0. The van der Waals surface area contributed by atoms with Gasteiger partial charge in [0.2, 0.25) is 5.91 Å². The maximum absolute atomic E-state index is 12.6. The number of benzene rings is 1. The normalized spacial score (nSPS) is 19.5. The molecule has 2 aliphatic rings. The Hall–Kier alpha value is -3.26. The zero-order chi connectivity index (χ0) is 23.5. The number of allylic oxidation sites excluding steroid dienone is 3. The van der Waals surface area contributed by atoms with Crippen LogP contribution in [0.2, 0.25) is 0 Å². The Labute approximate surface area is 193 Å². The number of rotatable bonds is 5. The minimum absolute atomic E-state index is 0.0587. The third-order valence-electron chi connectivity index (χ3n) is 5.49. The Morgan fingerprint density at radius 3 is 2.64 bits per heavy atom. The molecule has 0 atom stereocenters. The second-order valence-electron chi connectivity index (χ2n) is 8.20. The van der Waals surface area contributed by atoms with Gasteiger partial charge in [-0.3, -0.25) is 15.1 Å². The molecule has 178 valence electrons. The van der Waals surface area contributed by atoms with Crippen molar-refractivity contribution in [1.29, 1.82) is 0 Å². The molecule has 1 heterocycles. The molecule has 1 aromatic carbocycles. The lowest BCUT2D eigenvalue weighted by Crippen LogP contribution is -2.39. The molecule has 0 spiro atoms. The highest BCUT2D eigenvalue weighted by molar-refractivity contribution is 5.97. The van der Waals surface area contributed by atoms with Crippen molar-refractivity contribution in [3.63, 3.8) is 0 Å². The molecule has 33 heavy (non-hydrogen) atoms. The van der Waals surface area contributed by atoms with Gasteiger partial charge in [0, 0.05) is 12.1 Å². The van der Waals surface area contributed by atoms with E-state index < -0.39 is 5.97 Å². The van der Waals surface area contributed by atoms with E-state index in [0.29, 0.717) is 12.1 Å². The minimum Gasteiger partial charge on any atom is -0.508 e. The number of cyclic esters (lactones) is 1. The van der Waals surface area contributed by atoms with Crippen molar-refractivity contribution in [2.24, 2.45) is 0 Å². The average Bonchev–Trinajstić information content (AvgIpc) is 2.77. The van der Waals surface area contributed by atoms with Gasteiger partial charge in [-0.2, -0.15) is 0 Å². The number of esters is 1. The molecule has 1 aliphatic carbocycles. The van der Waals surface area contributed by atoms with Gasteiger partial charge >= 0.3 is 5.97 Å². The molecule has 8 nitrogen and oxygen atoms in total. The predicted octanol–water partition coefficient (Wildman–Crippen LogP) is 3.86. The smallest absolute Gasteiger partial charge is 0.342 e. The van der Waals surface area contributed by atoms with Crippen molar-refractivity contribution in [1.82, 2.24) is 10.8 Å². The van der Waals surface area contributed by atoms with Crippen molar-refractivity contribution in [3.05, 3.63) is 53.3 Å². The second kappa shape index (κ2) is 12.7. The van der Waals surface area contributed by atoms with Gasteiger partial charge in [0.25, 0.3) is 0 Å². The highest BCUT2D eigenvalue weighted by Gasteiger charge is 2.19. The first-order valence-corrected chi connectivity index (χ1v) is 11.5. The zero-order valence-corrected chi connectivity index (χ0v) is 18.7. The van der Waals surface area contributed by atoms with E-state index in [1.807, 2.05) is 18.2 Å². The highest BCUT2D eigenvalue weighted by Crippen LogP contribution is 2.29. The van der Waals surface area contributed by atoms with Gasteiger partial charge < -0.3 is 20.3 Å². The van der Waals surface area contributed by atoms with Gasteiger partial charge in [-0.1, -0.05) is 37.5 Å². The number of phenolic OH excluding ortho intramolecular Hbond substituents is 2. The molecular formula is C25H32N2O6. The van der Waals surface area contributed by atoms with Gasteiger partial charge in [-0.15, -0.1) is 0 Å². The lowest BCUT2D eigenvalue weighted by Gasteiger charge is -2.22. The van der Waals surface area contributed by atoms with Crippen LogP contribution < -0.4 is 10.8 Å². The van der Waals surface area contributed by atoms with E-state index in [2.05, 4.69) is 10.8 Å². The first kappa shape index (κ1) is 24.4. The Bertz CT molecular complexity index is 916. The van der Waals surface area contributed by atoms with Gasteiger partial charge in [-0.05, 0) is 55.9 Å². The summed E-state index contributed by atoms with van der Waals surface area (Å²) in [6.07, 6.45) is 16.8. The van der Waals surface area contributed by atoms with Gasteiger partial charge in [0.05, 0.1) is 12.3 Å². The molecule has 0 bridgehead atoms. The van der Waals surface area contributed by atoms with Gasteiger partial charge in [0.1, 0.15) is 17.1 Å². The van der Waals surface area contributed by atoms with Crippen LogP contribution in [0.3, 0.4) is 0 Å². The summed E-state index contributed by atoms with van der Waals surface area (Å²) < 4.78 is 5.27. The van der Waals surface area contributed by atoms with Crippen molar-refractivity contribution in [3.8, 4) is 11.5 Å². The third-order valence-corrected chi connectivity index (χ3v) is 5.49. The first-order chi connectivity index (χ1) is 16.0. The van der Waals surface area contributed by atoms with Crippen molar-refractivity contribution < 1.29 is 29.4 Å². The number of nitrogens with one attached hydrogen (secondary N) is 2. The molecule has 3 rings (SSSR count). The van der Waals surface area contributed by atoms with E-state index in [0.717, 1.165) is 44.6 Å². The van der Waals surface area contributed by atoms with Crippen LogP contribution >= 0.6 is 0 Å². The topological polar surface area (TPSA) is 117 Å². The van der Waals surface area contributed by atoms with Crippen LogP contribution in [0.25, 0.3) is 6.08 Å². The van der Waals surface area contributed by atoms with Crippen LogP contribution in [0.5, 0.6) is 11.5 Å². The fourth-order valence-electron chi connectivity index (χ4n) is 3.88. The Morgan fingerprint density at radius 1 is 1.06 bits per heavy atom. The molecular weight excluding hydrogens is 424 g/mol. The number of hydroxylamine groups is 1. The lowest BCUT2D eigenvalue weighted by atomic mass is 9.95. The van der Waals surface area contributed by atoms with Crippen molar-refractivity contribution in [2.75, 3.05) is 13.2 Å². The molecule has 1 aliphatic heterocycles. The number of carbonyl (C=O) groups excluding carboxylic acids is 2. The summed E-state index contributed by atoms with van der Waals surface area (Å²) >= 11 is 0. The van der Waals surface area contributed by atoms with Crippen LogP contribution in [0.15, 0.2) is 42.1 Å². The van der Waals surface area contributed by atoms with E-state index >= 15 is 0 Å². The number of aromatic hydroxyl groups is 2. The standard InChI is InChI=1S/C25H32N2O6/c28-21-15-18-14-20(27-33-17-23(30)26-19-10-7-5-8-11-19)12-6-3-1-2-4-9-13-32-25(31)24(18)22(29)16-21/h2,4,6,12,14-16,19,27-29H,1,3,5,7-11,13,17H2,(H,26,30)/b4-2?,12-6?,20-14-. The van der Waals surface area contributed by atoms with Crippen molar-refractivity contribution >= 4 is 18.0 Å². The molecule has 8 heteroatoms. The largest absolute Gasteiger partial charge is 0.508 e. The molecule has 1 fully saturated rings. The molecule has 4 N–H and O–H groups in total. The van der Waals surface area contributed by atoms with E-state index in [1.165, 1.54) is 12.5 Å². The number of carbonyl (C=O) groups is 2. The fraction of sp³-hybridized carbons (Fsp3) is 0.440. The summed E-state index contributed by atoms with van der Waals surface area (Å²) in [6.45, 7) is 0.00355. The van der Waals surface area contributed by atoms with E-state index in [1.54, 1.807) is 12.2 Å². The number of hydrogen-bond acceptors (Lipinski definition) is 7. The summed E-state index contributed by atoms with van der Waals surface area (Å²) in [4.78, 5) is 30.2. The number of fused-ring (bicyclic) bond motifs is 1. The maximum atomic E-state index is 12.6. The molecule has 0 radical (unpaired) electrons. The summed E-state index contributed by atoms with van der Waals surface area (Å²) in [5, 5.41) is 23.2. The fourth-order valence-corrected chi connectivity index (χ4v) is 3.88. The molecule has 1 aromatic rings. The first-order valence-electron chi connectivity index (χ1n) is 11.5. The van der Waals surface area contributed by atoms with Crippen molar-refractivity contribution in [2.45, 2.75) is 57.4 Å². The van der Waals surface area contributed by atoms with Gasteiger partial charge in [0.15, 0.2) is 6.61 Å². The van der Waals surface area contributed by atoms with Crippen LogP contribution in [-0.4, -0.2) is 41.3 Å². The van der Waals surface area contributed by atoms with Crippen LogP contribution in [0.1, 0.15) is 67.3 Å². The van der Waals surface area contributed by atoms with Crippen LogP contribution in [-0.2, 0) is 14.4 Å². The third kappa shape index (κ3) is 7.98. The number of amides is 1. The van der Waals surface area contributed by atoms with Crippen LogP contribution in [0.4, 0.5) is 0 Å². The van der Waals surface area contributed by atoms with E-state index in [9.17, 15) is 19.8 Å². The Morgan fingerprint density at radius 2 is 1.82 bits per heavy atom. The summed E-state index contributed by atoms with van der Waals surface area (Å²) in [5.74, 6) is -1.48. The summed E-state index contributed by atoms with van der Waals surface area (Å²) in [6, 6.07) is 2.64. The second-order valence-corrected chi connectivity index (χ2v) is 8.20. The summed E-state index contributed by atoms with van der Waals surface area (Å²) in [5.41, 5.74) is 3.39. The Kier molecular flexibility index (Phi) is 9.38. The quantitative estimate of drug-likeness (QED) is 0.302. The number of phenols is 2. The molecule has 0 aromatic heterocycles. The lowest BCUT2D eigenvalue weighted by molar-refractivity contribution is -0.128. The SMILES string of the molecule is O=C(CON/C1=C\c2cc(O)cc(O)c2C(=O)OCCC=CCCC=C1)NC1CCCCC1. The van der Waals surface area contributed by atoms with Crippen LogP contribution in [0, 0.1) is 0 Å². The monoisotopic (exact) mass is 456 g/mol. The zero-order valence-electron chi connectivity index (χ0n) is 18.7. The molecule has 0 unspecified atom stereocenters.